The largest absolute Gasteiger partial charge is 0.341 e. The fourth-order valence-corrected chi connectivity index (χ4v) is 1.97. The Hall–Kier alpha value is -0.0800. The van der Waals surface area contributed by atoms with Gasteiger partial charge < -0.3 is 4.57 Å². The summed E-state index contributed by atoms with van der Waals surface area (Å²) in [5.41, 5.74) is 1.47. The number of nitrogens with zero attached hydrogens (tertiary/aromatic N) is 1. The molecule has 1 aliphatic heterocycles. The van der Waals surface area contributed by atoms with Crippen LogP contribution in [0, 0.1) is 0 Å². The van der Waals surface area contributed by atoms with Crippen molar-refractivity contribution in [3.05, 3.63) is 24.0 Å². The molecule has 0 radical (unpaired) electrons. The summed E-state index contributed by atoms with van der Waals surface area (Å²) in [5.74, 6) is 2.36. The predicted molar refractivity (Wildman–Crippen MR) is 43.0 cm³/mol. The summed E-state index contributed by atoms with van der Waals surface area (Å²) in [6.07, 6.45) is 2.13. The van der Waals surface area contributed by atoms with Gasteiger partial charge in [0.1, 0.15) is 0 Å². The first-order chi connectivity index (χ1) is 3.97. The van der Waals surface area contributed by atoms with Crippen molar-refractivity contribution in [1.29, 1.82) is 0 Å². The highest BCUT2D eigenvalue weighted by Crippen LogP contribution is 2.22. The van der Waals surface area contributed by atoms with E-state index in [1.54, 1.807) is 0 Å². The van der Waals surface area contributed by atoms with Gasteiger partial charge in [-0.1, -0.05) is 0 Å². The number of hydrogen-bond acceptors (Lipinski definition) is 1. The van der Waals surface area contributed by atoms with E-state index in [4.69, 9.17) is 0 Å². The van der Waals surface area contributed by atoms with Gasteiger partial charge in [-0.3, -0.25) is 0 Å². The minimum Gasteiger partial charge on any atom is -0.341 e. The Labute approximate surface area is 64.9 Å². The normalized spacial score (nSPS) is 14.7. The minimum absolute atomic E-state index is 0. The maximum atomic E-state index is 2.28. The highest BCUT2D eigenvalue weighted by molar-refractivity contribution is 7.97. The number of fused-ring (bicyclic) bond motifs is 1. The SMILES string of the molecule is Cl.c1cc2n(c1)CSC2. The van der Waals surface area contributed by atoms with Gasteiger partial charge in [-0.15, -0.1) is 24.2 Å². The molecule has 0 saturated carbocycles. The molecule has 0 atom stereocenters. The van der Waals surface area contributed by atoms with Crippen molar-refractivity contribution in [2.24, 2.45) is 0 Å². The van der Waals surface area contributed by atoms with Crippen LogP contribution in [0.2, 0.25) is 0 Å². The molecular formula is C6H8ClNS. The molecule has 9 heavy (non-hydrogen) atoms. The van der Waals surface area contributed by atoms with Crippen LogP contribution in [0.3, 0.4) is 0 Å². The quantitative estimate of drug-likeness (QED) is 0.565. The lowest BCUT2D eigenvalue weighted by Crippen LogP contribution is -1.85. The molecule has 0 saturated heterocycles. The monoisotopic (exact) mass is 161 g/mol. The van der Waals surface area contributed by atoms with Crippen LogP contribution in [0.1, 0.15) is 5.69 Å². The Balaban J connectivity index is 0.000000405. The topological polar surface area (TPSA) is 4.93 Å². The highest BCUT2D eigenvalue weighted by Gasteiger charge is 2.06. The Morgan fingerprint density at radius 2 is 2.44 bits per heavy atom. The van der Waals surface area contributed by atoms with Gasteiger partial charge in [-0.25, -0.2) is 0 Å². The number of halogens is 1. The second kappa shape index (κ2) is 2.67. The molecular weight excluding hydrogens is 154 g/mol. The van der Waals surface area contributed by atoms with Crippen molar-refractivity contribution in [1.82, 2.24) is 4.57 Å². The summed E-state index contributed by atoms with van der Waals surface area (Å²) >= 11 is 1.97. The summed E-state index contributed by atoms with van der Waals surface area (Å²) in [5, 5.41) is 0. The molecule has 1 aliphatic rings. The van der Waals surface area contributed by atoms with E-state index in [1.807, 2.05) is 11.8 Å². The zero-order chi connectivity index (χ0) is 5.40. The van der Waals surface area contributed by atoms with Crippen molar-refractivity contribution in [3.63, 3.8) is 0 Å². The van der Waals surface area contributed by atoms with Gasteiger partial charge in [0.25, 0.3) is 0 Å². The first kappa shape index (κ1) is 7.03. The van der Waals surface area contributed by atoms with Crippen LogP contribution >= 0.6 is 24.2 Å². The Morgan fingerprint density at radius 3 is 3.22 bits per heavy atom. The lowest BCUT2D eigenvalue weighted by atomic mass is 10.5. The molecule has 0 amide bonds. The Kier molecular flexibility index (Phi) is 2.09. The van der Waals surface area contributed by atoms with Crippen molar-refractivity contribution in [3.8, 4) is 0 Å². The van der Waals surface area contributed by atoms with E-state index < -0.39 is 0 Å². The summed E-state index contributed by atoms with van der Waals surface area (Å²) in [6.45, 7) is 0. The summed E-state index contributed by atoms with van der Waals surface area (Å²) < 4.78 is 2.28. The van der Waals surface area contributed by atoms with E-state index in [-0.39, 0.29) is 12.4 Å². The highest BCUT2D eigenvalue weighted by atomic mass is 35.5. The lowest BCUT2D eigenvalue weighted by molar-refractivity contribution is 0.888. The van der Waals surface area contributed by atoms with Gasteiger partial charge in [0.2, 0.25) is 0 Å². The van der Waals surface area contributed by atoms with Crippen LogP contribution in [0.25, 0.3) is 0 Å². The zero-order valence-electron chi connectivity index (χ0n) is 4.91. The van der Waals surface area contributed by atoms with E-state index in [0.717, 1.165) is 5.88 Å². The molecule has 1 nitrogen and oxygen atoms in total. The Morgan fingerprint density at radius 1 is 1.56 bits per heavy atom. The number of aromatic nitrogens is 1. The van der Waals surface area contributed by atoms with Crippen LogP contribution in [-0.4, -0.2) is 4.57 Å². The fraction of sp³-hybridized carbons (Fsp3) is 0.333. The van der Waals surface area contributed by atoms with Gasteiger partial charge in [0.05, 0.1) is 5.88 Å². The predicted octanol–water partition coefficient (Wildman–Crippen LogP) is 2.11. The van der Waals surface area contributed by atoms with Gasteiger partial charge in [-0.2, -0.15) is 0 Å². The first-order valence-electron chi connectivity index (χ1n) is 2.68. The molecule has 50 valence electrons. The second-order valence-corrected chi connectivity index (χ2v) is 2.90. The molecule has 0 aromatic carbocycles. The van der Waals surface area contributed by atoms with E-state index in [1.165, 1.54) is 11.4 Å². The van der Waals surface area contributed by atoms with Crippen LogP contribution in [0.4, 0.5) is 0 Å². The smallest absolute Gasteiger partial charge is 0.0683 e. The number of rotatable bonds is 0. The molecule has 0 fully saturated rings. The molecule has 3 heteroatoms. The van der Waals surface area contributed by atoms with Gasteiger partial charge in [0, 0.05) is 17.6 Å². The molecule has 0 spiro atoms. The average Bonchev–Trinajstić information content (AvgIpc) is 2.15. The van der Waals surface area contributed by atoms with Crippen LogP contribution < -0.4 is 0 Å². The summed E-state index contributed by atoms with van der Waals surface area (Å²) in [4.78, 5) is 0. The third-order valence-corrected chi connectivity index (χ3v) is 2.36. The second-order valence-electron chi connectivity index (χ2n) is 1.95. The van der Waals surface area contributed by atoms with Gasteiger partial charge in [0.15, 0.2) is 0 Å². The van der Waals surface area contributed by atoms with Crippen LogP contribution in [-0.2, 0) is 11.6 Å². The molecule has 0 aliphatic carbocycles. The molecule has 0 N–H and O–H groups in total. The molecule has 1 aromatic heterocycles. The molecule has 0 unspecified atom stereocenters. The fourth-order valence-electron chi connectivity index (χ4n) is 0.955. The zero-order valence-corrected chi connectivity index (χ0v) is 6.54. The van der Waals surface area contributed by atoms with E-state index in [9.17, 15) is 0 Å². The van der Waals surface area contributed by atoms with Gasteiger partial charge in [-0.05, 0) is 12.1 Å². The third-order valence-electron chi connectivity index (χ3n) is 1.40. The number of thioether (sulfide) groups is 1. The minimum atomic E-state index is 0. The van der Waals surface area contributed by atoms with Crippen LogP contribution in [0.5, 0.6) is 0 Å². The van der Waals surface area contributed by atoms with Crippen molar-refractivity contribution < 1.29 is 0 Å². The van der Waals surface area contributed by atoms with Gasteiger partial charge >= 0.3 is 0 Å². The molecule has 1 aromatic rings. The lowest BCUT2D eigenvalue weighted by Gasteiger charge is -1.88. The number of hydrogen-bond donors (Lipinski definition) is 0. The summed E-state index contributed by atoms with van der Waals surface area (Å²) in [6, 6.07) is 4.29. The average molecular weight is 162 g/mol. The molecule has 2 heterocycles. The third kappa shape index (κ3) is 1.10. The van der Waals surface area contributed by atoms with Crippen molar-refractivity contribution in [2.45, 2.75) is 11.6 Å². The Bertz CT molecular complexity index is 178. The van der Waals surface area contributed by atoms with Crippen LogP contribution in [0.15, 0.2) is 18.3 Å². The maximum absolute atomic E-state index is 2.28. The standard InChI is InChI=1S/C6H7NS.ClH/c1-2-6-4-8-5-7(6)3-1;/h1-3H,4-5H2;1H. The maximum Gasteiger partial charge on any atom is 0.0683 e. The summed E-state index contributed by atoms with van der Waals surface area (Å²) in [7, 11) is 0. The molecule has 2 rings (SSSR count). The molecule has 0 bridgehead atoms. The van der Waals surface area contributed by atoms with E-state index in [0.29, 0.717) is 0 Å². The van der Waals surface area contributed by atoms with E-state index >= 15 is 0 Å². The van der Waals surface area contributed by atoms with Crippen molar-refractivity contribution in [2.75, 3.05) is 0 Å². The first-order valence-corrected chi connectivity index (χ1v) is 3.84. The van der Waals surface area contributed by atoms with Crippen molar-refractivity contribution >= 4 is 24.2 Å². The van der Waals surface area contributed by atoms with E-state index in [2.05, 4.69) is 22.9 Å².